The molecule has 106 valence electrons. The molecular weight excluding hydrogens is 318 g/mol. The van der Waals surface area contributed by atoms with Gasteiger partial charge in [-0.05, 0) is 30.7 Å². The molecule has 1 aromatic carbocycles. The number of nitrogens with zero attached hydrogens (tertiary/aromatic N) is 3. The molecule has 0 saturated heterocycles. The van der Waals surface area contributed by atoms with E-state index in [1.165, 1.54) is 6.07 Å². The fraction of sp³-hybridized carbons (Fsp3) is 0.0769. The highest BCUT2D eigenvalue weighted by atomic mass is 35.5. The molecule has 1 N–H and O–H groups in total. The summed E-state index contributed by atoms with van der Waals surface area (Å²) in [6.45, 7) is 1.71. The molecule has 3 rings (SSSR count). The first-order valence-electron chi connectivity index (χ1n) is 5.85. The van der Waals surface area contributed by atoms with Gasteiger partial charge in [-0.3, -0.25) is 0 Å². The highest BCUT2D eigenvalue weighted by Crippen LogP contribution is 2.28. The van der Waals surface area contributed by atoms with Crippen molar-refractivity contribution in [2.24, 2.45) is 0 Å². The highest BCUT2D eigenvalue weighted by molar-refractivity contribution is 7.71. The van der Waals surface area contributed by atoms with E-state index in [0.29, 0.717) is 21.5 Å². The van der Waals surface area contributed by atoms with E-state index >= 15 is 0 Å². The van der Waals surface area contributed by atoms with Crippen LogP contribution in [-0.2, 0) is 0 Å². The molecule has 2 aromatic heterocycles. The molecule has 0 spiro atoms. The highest BCUT2D eigenvalue weighted by Gasteiger charge is 2.15. The molecular formula is C13H7ClF2N4S. The van der Waals surface area contributed by atoms with Crippen LogP contribution in [0.15, 0.2) is 18.2 Å². The summed E-state index contributed by atoms with van der Waals surface area (Å²) in [5.74, 6) is -1.43. The average Bonchev–Trinajstić information content (AvgIpc) is 2.40. The summed E-state index contributed by atoms with van der Waals surface area (Å²) in [4.78, 5) is 15.1. The van der Waals surface area contributed by atoms with Crippen LogP contribution >= 0.6 is 23.8 Å². The summed E-state index contributed by atoms with van der Waals surface area (Å²) in [6, 6.07) is 3.19. The fourth-order valence-electron chi connectivity index (χ4n) is 1.91. The van der Waals surface area contributed by atoms with E-state index < -0.39 is 11.6 Å². The van der Waals surface area contributed by atoms with Gasteiger partial charge in [-0.2, -0.15) is 4.98 Å². The van der Waals surface area contributed by atoms with Crippen LogP contribution in [0.3, 0.4) is 0 Å². The second kappa shape index (κ2) is 5.09. The van der Waals surface area contributed by atoms with Crippen LogP contribution < -0.4 is 0 Å². The summed E-state index contributed by atoms with van der Waals surface area (Å²) < 4.78 is 27.4. The lowest BCUT2D eigenvalue weighted by Gasteiger charge is -2.07. The first-order valence-corrected chi connectivity index (χ1v) is 6.64. The van der Waals surface area contributed by atoms with Crippen molar-refractivity contribution in [2.75, 3.05) is 0 Å². The molecule has 4 nitrogen and oxygen atoms in total. The lowest BCUT2D eigenvalue weighted by atomic mass is 10.1. The van der Waals surface area contributed by atoms with E-state index in [0.717, 1.165) is 12.1 Å². The molecule has 0 bridgehead atoms. The molecule has 0 amide bonds. The number of benzene rings is 1. The van der Waals surface area contributed by atoms with Gasteiger partial charge in [-0.25, -0.2) is 18.7 Å². The van der Waals surface area contributed by atoms with Gasteiger partial charge in [0.15, 0.2) is 5.65 Å². The maximum Gasteiger partial charge on any atom is 0.225 e. The van der Waals surface area contributed by atoms with Crippen molar-refractivity contribution in [2.45, 2.75) is 6.92 Å². The van der Waals surface area contributed by atoms with E-state index in [1.807, 2.05) is 0 Å². The number of aryl methyl sites for hydroxylation is 1. The molecule has 2 heterocycles. The zero-order chi connectivity index (χ0) is 15.1. The molecule has 0 aliphatic rings. The van der Waals surface area contributed by atoms with Crippen molar-refractivity contribution < 1.29 is 8.78 Å². The topological polar surface area (TPSA) is 54.5 Å². The van der Waals surface area contributed by atoms with Gasteiger partial charge < -0.3 is 4.98 Å². The van der Waals surface area contributed by atoms with Crippen molar-refractivity contribution in [3.8, 4) is 11.3 Å². The number of H-pyrrole nitrogens is 1. The summed E-state index contributed by atoms with van der Waals surface area (Å²) in [7, 11) is 0. The van der Waals surface area contributed by atoms with Gasteiger partial charge in [0, 0.05) is 11.6 Å². The zero-order valence-electron chi connectivity index (χ0n) is 10.6. The second-order valence-electron chi connectivity index (χ2n) is 4.31. The smallest absolute Gasteiger partial charge is 0.225 e. The summed E-state index contributed by atoms with van der Waals surface area (Å²) in [5.41, 5.74) is 1.42. The Morgan fingerprint density at radius 2 is 1.95 bits per heavy atom. The lowest BCUT2D eigenvalue weighted by Crippen LogP contribution is -1.99. The first kappa shape index (κ1) is 14.0. The quantitative estimate of drug-likeness (QED) is 0.543. The van der Waals surface area contributed by atoms with Gasteiger partial charge in [-0.1, -0.05) is 12.2 Å². The largest absolute Gasteiger partial charge is 0.328 e. The first-order chi connectivity index (χ1) is 9.95. The number of aromatic amines is 1. The van der Waals surface area contributed by atoms with Crippen molar-refractivity contribution >= 4 is 35.0 Å². The second-order valence-corrected chi connectivity index (χ2v) is 5.06. The zero-order valence-corrected chi connectivity index (χ0v) is 12.2. The number of hydrogen-bond acceptors (Lipinski definition) is 4. The molecule has 0 aliphatic heterocycles. The van der Waals surface area contributed by atoms with Gasteiger partial charge in [0.1, 0.15) is 27.5 Å². The van der Waals surface area contributed by atoms with Gasteiger partial charge in [0.25, 0.3) is 0 Å². The van der Waals surface area contributed by atoms with Crippen molar-refractivity contribution in [3.05, 3.63) is 45.5 Å². The van der Waals surface area contributed by atoms with Gasteiger partial charge in [0.05, 0.1) is 5.69 Å². The van der Waals surface area contributed by atoms with Crippen molar-refractivity contribution in [1.29, 1.82) is 0 Å². The Labute approximate surface area is 127 Å². The minimum absolute atomic E-state index is 0.0856. The number of fused-ring (bicyclic) bond motifs is 1. The number of halogens is 3. The molecule has 0 radical (unpaired) electrons. The third kappa shape index (κ3) is 2.50. The van der Waals surface area contributed by atoms with Crippen LogP contribution in [0.25, 0.3) is 22.4 Å². The minimum atomic E-state index is -0.757. The van der Waals surface area contributed by atoms with Crippen molar-refractivity contribution in [1.82, 2.24) is 19.9 Å². The Balaban J connectivity index is 2.41. The summed E-state index contributed by atoms with van der Waals surface area (Å²) in [5, 5.41) is -0.0856. The predicted octanol–water partition coefficient (Wildman–Crippen LogP) is 3.99. The molecule has 21 heavy (non-hydrogen) atoms. The molecule has 8 heteroatoms. The number of rotatable bonds is 1. The van der Waals surface area contributed by atoms with Crippen molar-refractivity contribution in [3.63, 3.8) is 0 Å². The molecule has 0 fully saturated rings. The summed E-state index contributed by atoms with van der Waals surface area (Å²) in [6.07, 6.45) is 0. The molecule has 0 saturated carbocycles. The Morgan fingerprint density at radius 1 is 1.19 bits per heavy atom. The third-order valence-corrected chi connectivity index (χ3v) is 3.45. The maximum atomic E-state index is 14.0. The van der Waals surface area contributed by atoms with Gasteiger partial charge in [0.2, 0.25) is 5.28 Å². The Kier molecular flexibility index (Phi) is 3.38. The van der Waals surface area contributed by atoms with Crippen LogP contribution in [0, 0.1) is 23.2 Å². The van der Waals surface area contributed by atoms with E-state index in [1.54, 1.807) is 6.92 Å². The van der Waals surface area contributed by atoms with E-state index in [9.17, 15) is 8.78 Å². The number of nitrogens with one attached hydrogen (secondary N) is 1. The van der Waals surface area contributed by atoms with Crippen LogP contribution in [0.1, 0.15) is 5.69 Å². The third-order valence-electron chi connectivity index (χ3n) is 2.88. The van der Waals surface area contributed by atoms with Gasteiger partial charge in [-0.15, -0.1) is 0 Å². The lowest BCUT2D eigenvalue weighted by molar-refractivity contribution is 0.585. The maximum absolute atomic E-state index is 14.0. The van der Waals surface area contributed by atoms with Crippen LogP contribution in [-0.4, -0.2) is 19.9 Å². The standard InChI is InChI=1S/C13H7ClF2N4S/c1-5-12(21)19-11-10(17-5)9(18-13(14)20-11)7-3-2-6(15)4-8(7)16/h2-4H,1H3,(H,18,19,20,21). The van der Waals surface area contributed by atoms with E-state index in [-0.39, 0.29) is 16.5 Å². The molecule has 0 unspecified atom stereocenters. The van der Waals surface area contributed by atoms with E-state index in [4.69, 9.17) is 23.8 Å². The van der Waals surface area contributed by atoms with Gasteiger partial charge >= 0.3 is 0 Å². The monoisotopic (exact) mass is 324 g/mol. The molecule has 3 aromatic rings. The normalized spacial score (nSPS) is 11.0. The average molecular weight is 325 g/mol. The minimum Gasteiger partial charge on any atom is -0.328 e. The van der Waals surface area contributed by atoms with Crippen LogP contribution in [0.5, 0.6) is 0 Å². The number of hydrogen-bond donors (Lipinski definition) is 1. The fourth-order valence-corrected chi connectivity index (χ4v) is 2.22. The van der Waals surface area contributed by atoms with Crippen LogP contribution in [0.4, 0.5) is 8.78 Å². The van der Waals surface area contributed by atoms with Crippen LogP contribution in [0.2, 0.25) is 5.28 Å². The Bertz CT molecular complexity index is 926. The Morgan fingerprint density at radius 3 is 2.67 bits per heavy atom. The summed E-state index contributed by atoms with van der Waals surface area (Å²) >= 11 is 10.9. The predicted molar refractivity (Wildman–Crippen MR) is 77.6 cm³/mol. The van der Waals surface area contributed by atoms with E-state index in [2.05, 4.69) is 19.9 Å². The Hall–Kier alpha value is -1.99. The molecule has 0 atom stereocenters. The SMILES string of the molecule is Cc1nc2c(-c3ccc(F)cc3F)nc(Cl)nc2[nH]c1=S. The molecule has 0 aliphatic carbocycles. The number of aromatic nitrogens is 4.